The maximum Gasteiger partial charge on any atom is 0.214 e. The van der Waals surface area contributed by atoms with Gasteiger partial charge in [-0.15, -0.1) is 0 Å². The van der Waals surface area contributed by atoms with E-state index in [4.69, 9.17) is 0 Å². The first-order chi connectivity index (χ1) is 4.23. The van der Waals surface area contributed by atoms with E-state index in [2.05, 4.69) is 10.2 Å². The summed E-state index contributed by atoms with van der Waals surface area (Å²) in [7, 11) is 0. The molecule has 0 unspecified atom stereocenters. The zero-order valence-corrected chi connectivity index (χ0v) is 5.20. The Morgan fingerprint density at radius 3 is 1.89 bits per heavy atom. The predicted octanol–water partition coefficient (Wildman–Crippen LogP) is 0.771. The van der Waals surface area contributed by atoms with Gasteiger partial charge < -0.3 is 10.2 Å². The molecule has 1 heterocycles. The molecule has 0 fully saturated rings. The summed E-state index contributed by atoms with van der Waals surface area (Å²) in [5.41, 5.74) is 4.47. The third-order valence-corrected chi connectivity index (χ3v) is 0.425. The molecule has 0 spiro atoms. The zero-order chi connectivity index (χ0) is 7.11. The molecule has 1 rings (SSSR count). The molecule has 50 valence electrons. The lowest BCUT2D eigenvalue weighted by atomic mass is 10.7. The highest BCUT2D eigenvalue weighted by atomic mass is 16.3. The van der Waals surface area contributed by atoms with Crippen molar-refractivity contribution in [3.8, 4) is 0 Å². The Balaban J connectivity index is 0.000000148. The maximum atomic E-state index is 9.22. The van der Waals surface area contributed by atoms with Gasteiger partial charge in [-0.3, -0.25) is 4.79 Å². The van der Waals surface area contributed by atoms with Gasteiger partial charge in [-0.1, -0.05) is 0 Å². The average molecular weight is 127 g/mol. The second-order valence-electron chi connectivity index (χ2n) is 1.40. The number of amides is 1. The summed E-state index contributed by atoms with van der Waals surface area (Å²) in [5, 5.41) is 0. The van der Waals surface area contributed by atoms with E-state index >= 15 is 0 Å². The van der Waals surface area contributed by atoms with Crippen molar-refractivity contribution in [1.82, 2.24) is 0 Å². The monoisotopic (exact) mass is 127 g/mol. The fourth-order valence-electron chi connectivity index (χ4n) is 0.227. The number of carbonyl (C=O) groups excluding carboxylic acids is 1. The van der Waals surface area contributed by atoms with E-state index in [0.717, 1.165) is 0 Å². The maximum absolute atomic E-state index is 9.22. The van der Waals surface area contributed by atoms with Gasteiger partial charge in [-0.05, 0) is 12.1 Å². The van der Waals surface area contributed by atoms with E-state index in [1.807, 2.05) is 12.1 Å². The van der Waals surface area contributed by atoms with Crippen LogP contribution in [0.3, 0.4) is 0 Å². The van der Waals surface area contributed by atoms with Gasteiger partial charge in [0.1, 0.15) is 0 Å². The summed E-state index contributed by atoms with van der Waals surface area (Å²) in [4.78, 5) is 9.22. The number of furan rings is 1. The molecule has 3 heteroatoms. The van der Waals surface area contributed by atoms with Gasteiger partial charge in [0.05, 0.1) is 12.5 Å². The third kappa shape index (κ3) is 10.8. The summed E-state index contributed by atoms with van der Waals surface area (Å²) in [5.74, 6) is -0.333. The quantitative estimate of drug-likeness (QED) is 0.559. The van der Waals surface area contributed by atoms with Crippen LogP contribution in [0.1, 0.15) is 6.92 Å². The summed E-state index contributed by atoms with van der Waals surface area (Å²) >= 11 is 0. The fourth-order valence-corrected chi connectivity index (χ4v) is 0.227. The Labute approximate surface area is 53.5 Å². The summed E-state index contributed by atoms with van der Waals surface area (Å²) in [6.07, 6.45) is 3.25. The smallest absolute Gasteiger partial charge is 0.214 e. The van der Waals surface area contributed by atoms with Crippen molar-refractivity contribution in [3.05, 3.63) is 24.7 Å². The fraction of sp³-hybridized carbons (Fsp3) is 0.167. The number of hydrogen-bond donors (Lipinski definition) is 1. The van der Waals surface area contributed by atoms with Crippen LogP contribution in [0, 0.1) is 0 Å². The second-order valence-corrected chi connectivity index (χ2v) is 1.40. The van der Waals surface area contributed by atoms with Crippen LogP contribution in [0.5, 0.6) is 0 Å². The van der Waals surface area contributed by atoms with E-state index in [9.17, 15) is 4.79 Å². The molecule has 0 aliphatic carbocycles. The van der Waals surface area contributed by atoms with Crippen molar-refractivity contribution < 1.29 is 9.21 Å². The zero-order valence-electron chi connectivity index (χ0n) is 5.20. The van der Waals surface area contributed by atoms with Crippen LogP contribution in [-0.2, 0) is 4.79 Å². The van der Waals surface area contributed by atoms with Gasteiger partial charge in [0, 0.05) is 6.92 Å². The van der Waals surface area contributed by atoms with E-state index in [0.29, 0.717) is 0 Å². The predicted molar refractivity (Wildman–Crippen MR) is 33.6 cm³/mol. The average Bonchev–Trinajstić information content (AvgIpc) is 2.11. The van der Waals surface area contributed by atoms with E-state index in [1.54, 1.807) is 12.5 Å². The van der Waals surface area contributed by atoms with Crippen molar-refractivity contribution in [1.29, 1.82) is 0 Å². The van der Waals surface area contributed by atoms with Crippen LogP contribution in [0.2, 0.25) is 0 Å². The molecule has 9 heavy (non-hydrogen) atoms. The molecule has 0 bridgehead atoms. The summed E-state index contributed by atoms with van der Waals surface area (Å²) in [6, 6.07) is 3.67. The Bertz CT molecular complexity index is 125. The molecule has 1 amide bonds. The van der Waals surface area contributed by atoms with Gasteiger partial charge in [0.2, 0.25) is 5.91 Å². The summed E-state index contributed by atoms with van der Waals surface area (Å²) in [6.45, 7) is 1.31. The first kappa shape index (κ1) is 7.75. The van der Waals surface area contributed by atoms with Crippen molar-refractivity contribution >= 4 is 5.91 Å². The Hall–Kier alpha value is -1.25. The van der Waals surface area contributed by atoms with Crippen LogP contribution < -0.4 is 5.73 Å². The van der Waals surface area contributed by atoms with Gasteiger partial charge in [0.25, 0.3) is 0 Å². The van der Waals surface area contributed by atoms with Crippen LogP contribution in [0.4, 0.5) is 0 Å². The normalized spacial score (nSPS) is 7.22. The van der Waals surface area contributed by atoms with Crippen LogP contribution in [0.15, 0.2) is 29.1 Å². The first-order valence-electron chi connectivity index (χ1n) is 2.46. The van der Waals surface area contributed by atoms with Crippen molar-refractivity contribution in [3.63, 3.8) is 0 Å². The molecule has 0 saturated heterocycles. The topological polar surface area (TPSA) is 56.2 Å². The minimum absolute atomic E-state index is 0.333. The number of rotatable bonds is 0. The molecule has 0 radical (unpaired) electrons. The largest absolute Gasteiger partial charge is 0.473 e. The Morgan fingerprint density at radius 1 is 1.44 bits per heavy atom. The molecule has 3 nitrogen and oxygen atoms in total. The highest BCUT2D eigenvalue weighted by Crippen LogP contribution is 1.79. The van der Waals surface area contributed by atoms with E-state index in [-0.39, 0.29) is 5.91 Å². The second kappa shape index (κ2) is 4.90. The van der Waals surface area contributed by atoms with Crippen LogP contribution >= 0.6 is 0 Å². The molecular formula is C6H9NO2. The van der Waals surface area contributed by atoms with Crippen molar-refractivity contribution in [2.75, 3.05) is 0 Å². The molecular weight excluding hydrogens is 118 g/mol. The Morgan fingerprint density at radius 2 is 1.78 bits per heavy atom. The van der Waals surface area contributed by atoms with Gasteiger partial charge in [-0.25, -0.2) is 0 Å². The SMILES string of the molecule is CC(N)=O.c1ccoc1. The lowest BCUT2D eigenvalue weighted by Crippen LogP contribution is -2.01. The number of primary amides is 1. The number of carbonyl (C=O) groups is 1. The van der Waals surface area contributed by atoms with Gasteiger partial charge >= 0.3 is 0 Å². The molecule has 1 aromatic heterocycles. The van der Waals surface area contributed by atoms with Crippen LogP contribution in [0.25, 0.3) is 0 Å². The first-order valence-corrected chi connectivity index (χ1v) is 2.46. The lowest BCUT2D eigenvalue weighted by molar-refractivity contribution is -0.115. The molecule has 1 aromatic rings. The summed E-state index contributed by atoms with van der Waals surface area (Å²) < 4.78 is 4.58. The molecule has 0 aliphatic rings. The Kier molecular flexibility index (Phi) is 4.22. The molecule has 2 N–H and O–H groups in total. The van der Waals surface area contributed by atoms with Gasteiger partial charge in [-0.2, -0.15) is 0 Å². The third-order valence-electron chi connectivity index (χ3n) is 0.425. The highest BCUT2D eigenvalue weighted by molar-refractivity contribution is 5.70. The standard InChI is InChI=1S/C4H4O.C2H5NO/c1-2-4-5-3-1;1-2(3)4/h1-4H;1H3,(H2,3,4). The lowest BCUT2D eigenvalue weighted by Gasteiger charge is -1.60. The van der Waals surface area contributed by atoms with E-state index < -0.39 is 0 Å². The number of nitrogens with two attached hydrogens (primary N) is 1. The molecule has 0 atom stereocenters. The highest BCUT2D eigenvalue weighted by Gasteiger charge is 1.61. The molecule has 0 saturated carbocycles. The van der Waals surface area contributed by atoms with Crippen LogP contribution in [-0.4, -0.2) is 5.91 Å². The van der Waals surface area contributed by atoms with Crippen molar-refractivity contribution in [2.45, 2.75) is 6.92 Å². The van der Waals surface area contributed by atoms with Crippen molar-refractivity contribution in [2.24, 2.45) is 5.73 Å². The molecule has 0 aliphatic heterocycles. The van der Waals surface area contributed by atoms with E-state index in [1.165, 1.54) is 6.92 Å². The molecule has 0 aromatic carbocycles. The van der Waals surface area contributed by atoms with Gasteiger partial charge in [0.15, 0.2) is 0 Å². The minimum atomic E-state index is -0.333. The number of hydrogen-bond acceptors (Lipinski definition) is 2. The minimum Gasteiger partial charge on any atom is -0.473 e.